The van der Waals surface area contributed by atoms with Crippen LogP contribution in [0.3, 0.4) is 0 Å². The van der Waals surface area contributed by atoms with Gasteiger partial charge in [-0.25, -0.2) is 0 Å². The predicted octanol–water partition coefficient (Wildman–Crippen LogP) is 20.6. The first-order chi connectivity index (χ1) is 38.1. The Labute approximate surface area is 460 Å². The van der Waals surface area contributed by atoms with Crippen molar-refractivity contribution in [1.82, 2.24) is 9.13 Å². The van der Waals surface area contributed by atoms with Crippen LogP contribution in [0.1, 0.15) is 61.2 Å². The number of aryl methyl sites for hydroxylation is 8. The molecule has 0 aliphatic heterocycles. The van der Waals surface area contributed by atoms with E-state index in [0.717, 1.165) is 123 Å². The molecule has 0 aliphatic carbocycles. The van der Waals surface area contributed by atoms with E-state index >= 15 is 26.3 Å². The Balaban J connectivity index is 1.20. The molecule has 0 unspecified atom stereocenters. The molecule has 0 saturated carbocycles. The lowest BCUT2D eigenvalue weighted by atomic mass is 9.95. The van der Waals surface area contributed by atoms with E-state index in [2.05, 4.69) is 131 Å². The van der Waals surface area contributed by atoms with E-state index in [1.165, 1.54) is 0 Å². The first-order valence-electron chi connectivity index (χ1n) is 26.5. The topological polar surface area (TPSA) is 33.6 Å². The third-order valence-corrected chi connectivity index (χ3v) is 15.4. The lowest BCUT2D eigenvalue weighted by Crippen LogP contribution is -2.11. The summed E-state index contributed by atoms with van der Waals surface area (Å²) in [4.78, 5) is 0. The number of alkyl halides is 6. The molecule has 2 aromatic heterocycles. The number of nitriles is 1. The van der Waals surface area contributed by atoms with E-state index in [-0.39, 0.29) is 34.1 Å². The fourth-order valence-electron chi connectivity index (χ4n) is 12.2. The highest BCUT2D eigenvalue weighted by Crippen LogP contribution is 2.46. The molecule has 0 spiro atoms. The molecule has 394 valence electrons. The van der Waals surface area contributed by atoms with E-state index in [0.29, 0.717) is 22.1 Å². The zero-order chi connectivity index (χ0) is 56.3. The minimum absolute atomic E-state index is 0.0554. The average Bonchev–Trinajstić information content (AvgIpc) is 3.99. The van der Waals surface area contributed by atoms with Gasteiger partial charge in [-0.3, -0.25) is 0 Å². The minimum Gasteiger partial charge on any atom is -0.309 e. The second kappa shape index (κ2) is 19.1. The summed E-state index contributed by atoms with van der Waals surface area (Å²) >= 11 is 0. The van der Waals surface area contributed by atoms with Crippen molar-refractivity contribution in [3.63, 3.8) is 0 Å². The van der Waals surface area contributed by atoms with Gasteiger partial charge in [0.1, 0.15) is 6.07 Å². The highest BCUT2D eigenvalue weighted by molar-refractivity contribution is 6.14. The molecule has 12 aromatic rings. The summed E-state index contributed by atoms with van der Waals surface area (Å²) in [5.41, 5.74) is 16.6. The summed E-state index contributed by atoms with van der Waals surface area (Å²) in [6.07, 6.45) is -10.3. The largest absolute Gasteiger partial charge is 0.416 e. The Bertz CT molecular complexity index is 4280. The highest BCUT2D eigenvalue weighted by atomic mass is 19.4. The van der Waals surface area contributed by atoms with E-state index in [4.69, 9.17) is 0 Å². The molecule has 2 heterocycles. The van der Waals surface area contributed by atoms with Crippen molar-refractivity contribution in [2.75, 3.05) is 0 Å². The second-order valence-electron chi connectivity index (χ2n) is 21.9. The SMILES string of the molecule is Cc1cc(C)cc(-c2ccc3c(c2)c2cc(-c4cc(C)cc(C)c4)ccc2n3-c2cc(-c3cc(C(F)(F)F)cc(C(F)(F)F)c3)c(-n3c4ccc(-c5cc(C)cc(C)c5)cc4c4cc(-c5cc(C)cc(C)c5)ccc43)cc2C#N)c1. The van der Waals surface area contributed by atoms with Gasteiger partial charge in [0.2, 0.25) is 0 Å². The van der Waals surface area contributed by atoms with Crippen LogP contribution in [0.15, 0.2) is 176 Å². The zero-order valence-electron chi connectivity index (χ0n) is 45.4. The quantitative estimate of drug-likeness (QED) is 0.146. The number of hydrogen-bond donors (Lipinski definition) is 0. The van der Waals surface area contributed by atoms with Gasteiger partial charge in [0.05, 0.1) is 50.1 Å². The summed E-state index contributed by atoms with van der Waals surface area (Å²) in [5, 5.41) is 14.8. The molecular weight excluding hydrogens is 1010 g/mol. The van der Waals surface area contributed by atoms with E-state index < -0.39 is 23.5 Å². The predicted molar refractivity (Wildman–Crippen MR) is 315 cm³/mol. The highest BCUT2D eigenvalue weighted by Gasteiger charge is 2.38. The molecule has 9 heteroatoms. The van der Waals surface area contributed by atoms with E-state index in [1.54, 1.807) is 12.1 Å². The number of rotatable bonds is 7. The molecule has 12 rings (SSSR count). The van der Waals surface area contributed by atoms with Gasteiger partial charge in [-0.2, -0.15) is 31.6 Å². The van der Waals surface area contributed by atoms with Crippen molar-refractivity contribution < 1.29 is 26.3 Å². The number of nitrogens with zero attached hydrogens (tertiary/aromatic N) is 3. The maximum atomic E-state index is 15.0. The Morgan fingerprint density at radius 1 is 0.300 bits per heavy atom. The van der Waals surface area contributed by atoms with Gasteiger partial charge in [0, 0.05) is 27.1 Å². The van der Waals surface area contributed by atoms with Gasteiger partial charge in [-0.1, -0.05) is 142 Å². The van der Waals surface area contributed by atoms with Crippen molar-refractivity contribution in [3.05, 3.63) is 237 Å². The summed E-state index contributed by atoms with van der Waals surface area (Å²) in [7, 11) is 0. The summed E-state index contributed by atoms with van der Waals surface area (Å²) in [6.45, 7) is 16.4. The zero-order valence-corrected chi connectivity index (χ0v) is 45.4. The smallest absolute Gasteiger partial charge is 0.309 e. The maximum absolute atomic E-state index is 15.0. The fourth-order valence-corrected chi connectivity index (χ4v) is 12.2. The Hall–Kier alpha value is -9.13. The number of benzene rings is 10. The van der Waals surface area contributed by atoms with Gasteiger partial charge >= 0.3 is 12.4 Å². The second-order valence-corrected chi connectivity index (χ2v) is 21.9. The standard InChI is InChI=1S/C71H53F6N3/c1-39-17-40(2)22-51(21-39)47-9-13-64-60(31-47)61-32-48(52-23-41(3)18-42(4)24-52)10-14-65(61)79(64)68-37-59(55-29-57(70(72,73)74)36-58(30-55)71(75,76)77)69(35-56(68)38-78)80-66-15-11-49(53-25-43(5)19-44(6)26-53)33-62(66)63-34-50(12-16-67(63)80)54-27-45(7)20-46(8)28-54/h9-37H,1-8H3. The Morgan fingerprint density at radius 3 is 0.863 bits per heavy atom. The number of fused-ring (bicyclic) bond motifs is 6. The number of halogens is 6. The van der Waals surface area contributed by atoms with Crippen molar-refractivity contribution in [2.45, 2.75) is 67.7 Å². The van der Waals surface area contributed by atoms with Gasteiger partial charge < -0.3 is 9.13 Å². The van der Waals surface area contributed by atoms with Crippen LogP contribution in [0.2, 0.25) is 0 Å². The van der Waals surface area contributed by atoms with Crippen LogP contribution in [-0.2, 0) is 12.4 Å². The van der Waals surface area contributed by atoms with Crippen molar-refractivity contribution in [3.8, 4) is 73.1 Å². The number of aromatic nitrogens is 2. The van der Waals surface area contributed by atoms with E-state index in [1.807, 2.05) is 85.4 Å². The lowest BCUT2D eigenvalue weighted by molar-refractivity contribution is -0.143. The average molecular weight is 1060 g/mol. The Morgan fingerprint density at radius 2 is 0.588 bits per heavy atom. The normalized spacial score (nSPS) is 12.1. The first kappa shape index (κ1) is 51.6. The monoisotopic (exact) mass is 1060 g/mol. The molecule has 0 atom stereocenters. The molecule has 0 saturated heterocycles. The molecule has 0 radical (unpaired) electrons. The van der Waals surface area contributed by atoms with Gasteiger partial charge in [-0.15, -0.1) is 0 Å². The summed E-state index contributed by atoms with van der Waals surface area (Å²) in [6, 6.07) is 57.0. The summed E-state index contributed by atoms with van der Waals surface area (Å²) in [5.74, 6) is 0. The third kappa shape index (κ3) is 9.28. The van der Waals surface area contributed by atoms with Crippen molar-refractivity contribution in [1.29, 1.82) is 5.26 Å². The van der Waals surface area contributed by atoms with Gasteiger partial charge in [-0.05, 0) is 184 Å². The Kier molecular flexibility index (Phi) is 12.3. The van der Waals surface area contributed by atoms with Crippen LogP contribution in [0.5, 0.6) is 0 Å². The van der Waals surface area contributed by atoms with Crippen LogP contribution in [0.4, 0.5) is 26.3 Å². The molecule has 0 amide bonds. The molecule has 80 heavy (non-hydrogen) atoms. The molecule has 0 fully saturated rings. The van der Waals surface area contributed by atoms with Gasteiger partial charge in [0.15, 0.2) is 0 Å². The number of hydrogen-bond acceptors (Lipinski definition) is 1. The van der Waals surface area contributed by atoms with Crippen LogP contribution >= 0.6 is 0 Å². The van der Waals surface area contributed by atoms with Crippen LogP contribution < -0.4 is 0 Å². The van der Waals surface area contributed by atoms with Crippen LogP contribution in [-0.4, -0.2) is 9.13 Å². The van der Waals surface area contributed by atoms with Crippen molar-refractivity contribution in [2.24, 2.45) is 0 Å². The molecule has 0 bridgehead atoms. The van der Waals surface area contributed by atoms with E-state index in [9.17, 15) is 5.26 Å². The first-order valence-corrected chi connectivity index (χ1v) is 26.5. The molecular formula is C71H53F6N3. The maximum Gasteiger partial charge on any atom is 0.416 e. The third-order valence-electron chi connectivity index (χ3n) is 15.4. The summed E-state index contributed by atoms with van der Waals surface area (Å²) < 4.78 is 94.1. The molecule has 0 N–H and O–H groups in total. The minimum atomic E-state index is -5.14. The molecule has 0 aliphatic rings. The van der Waals surface area contributed by atoms with Gasteiger partial charge in [0.25, 0.3) is 0 Å². The fraction of sp³-hybridized carbons (Fsp3) is 0.141. The van der Waals surface area contributed by atoms with Crippen molar-refractivity contribution >= 4 is 43.6 Å². The lowest BCUT2D eigenvalue weighted by Gasteiger charge is -2.21. The van der Waals surface area contributed by atoms with Crippen LogP contribution in [0, 0.1) is 66.7 Å². The molecule has 3 nitrogen and oxygen atoms in total. The molecule has 10 aromatic carbocycles. The van der Waals surface area contributed by atoms with Crippen LogP contribution in [0.25, 0.3) is 111 Å².